The van der Waals surface area contributed by atoms with Crippen LogP contribution in [0.25, 0.3) is 5.69 Å². The molecular formula is C13H13F3N2S. The van der Waals surface area contributed by atoms with Gasteiger partial charge in [-0.2, -0.15) is 13.2 Å². The average Bonchev–Trinajstić information content (AvgIpc) is 2.59. The van der Waals surface area contributed by atoms with E-state index in [1.54, 1.807) is 0 Å². The first-order valence-electron chi connectivity index (χ1n) is 5.67. The topological polar surface area (TPSA) is 20.7 Å². The molecule has 1 heterocycles. The van der Waals surface area contributed by atoms with Gasteiger partial charge < -0.3 is 0 Å². The number of alkyl halides is 3. The van der Waals surface area contributed by atoms with Gasteiger partial charge in [-0.3, -0.25) is 5.10 Å². The van der Waals surface area contributed by atoms with Crippen molar-refractivity contribution in [3.63, 3.8) is 0 Å². The van der Waals surface area contributed by atoms with Gasteiger partial charge in [-0.15, -0.1) is 0 Å². The molecule has 0 fully saturated rings. The van der Waals surface area contributed by atoms with E-state index in [-0.39, 0.29) is 4.64 Å². The van der Waals surface area contributed by atoms with Crippen LogP contribution in [-0.2, 0) is 6.18 Å². The van der Waals surface area contributed by atoms with E-state index >= 15 is 0 Å². The predicted octanol–water partition coefficient (Wildman–Crippen LogP) is 4.48. The Balaban J connectivity index is 2.67. The van der Waals surface area contributed by atoms with E-state index in [1.165, 1.54) is 4.68 Å². The van der Waals surface area contributed by atoms with E-state index in [1.807, 2.05) is 32.9 Å². The van der Waals surface area contributed by atoms with Gasteiger partial charge >= 0.3 is 6.18 Å². The van der Waals surface area contributed by atoms with E-state index < -0.39 is 11.9 Å². The van der Waals surface area contributed by atoms with Crippen LogP contribution in [0.5, 0.6) is 0 Å². The van der Waals surface area contributed by atoms with E-state index in [0.29, 0.717) is 5.69 Å². The van der Waals surface area contributed by atoms with Gasteiger partial charge in [0.1, 0.15) is 10.3 Å². The molecule has 0 aliphatic rings. The monoisotopic (exact) mass is 286 g/mol. The fraction of sp³-hybridized carbons (Fsp3) is 0.308. The number of hydrogen-bond donors (Lipinski definition) is 1. The molecule has 2 rings (SSSR count). The second-order valence-corrected chi connectivity index (χ2v) is 5.01. The second kappa shape index (κ2) is 4.52. The standard InChI is InChI=1S/C13H13F3N2S/c1-7-4-8(2)12(9(3)5-7)18-11(19)6-10(17-18)13(14,15)16/h4-6,17H,1-3H3. The van der Waals surface area contributed by atoms with E-state index in [9.17, 15) is 13.2 Å². The number of halogens is 3. The van der Waals surface area contributed by atoms with Gasteiger partial charge in [-0.25, -0.2) is 4.68 Å². The van der Waals surface area contributed by atoms with Gasteiger partial charge in [0.15, 0.2) is 0 Å². The summed E-state index contributed by atoms with van der Waals surface area (Å²) in [7, 11) is 0. The Morgan fingerprint density at radius 2 is 1.58 bits per heavy atom. The molecular weight excluding hydrogens is 273 g/mol. The summed E-state index contributed by atoms with van der Waals surface area (Å²) >= 11 is 5.01. The smallest absolute Gasteiger partial charge is 0.288 e. The Morgan fingerprint density at radius 1 is 1.05 bits per heavy atom. The molecule has 102 valence electrons. The molecule has 0 saturated carbocycles. The lowest BCUT2D eigenvalue weighted by molar-refractivity contribution is -0.141. The zero-order chi connectivity index (χ0) is 14.4. The number of H-pyrrole nitrogens is 1. The molecule has 0 radical (unpaired) electrons. The van der Waals surface area contributed by atoms with Crippen molar-refractivity contribution in [3.8, 4) is 5.69 Å². The Labute approximate surface area is 113 Å². The van der Waals surface area contributed by atoms with Crippen LogP contribution in [0.1, 0.15) is 22.4 Å². The summed E-state index contributed by atoms with van der Waals surface area (Å²) in [5.74, 6) is 0. The maximum absolute atomic E-state index is 12.7. The Morgan fingerprint density at radius 3 is 2.00 bits per heavy atom. The molecule has 1 aromatic heterocycles. The lowest BCUT2D eigenvalue weighted by Gasteiger charge is -2.12. The Bertz CT molecular complexity index is 657. The minimum Gasteiger partial charge on any atom is -0.288 e. The zero-order valence-electron chi connectivity index (χ0n) is 10.7. The number of benzene rings is 1. The van der Waals surface area contributed by atoms with Crippen LogP contribution in [0.15, 0.2) is 18.2 Å². The maximum atomic E-state index is 12.7. The molecule has 1 aromatic carbocycles. The molecule has 19 heavy (non-hydrogen) atoms. The lowest BCUT2D eigenvalue weighted by atomic mass is 10.1. The molecule has 0 spiro atoms. The second-order valence-electron chi connectivity index (χ2n) is 4.59. The minimum atomic E-state index is -4.43. The molecule has 1 N–H and O–H groups in total. The third-order valence-electron chi connectivity index (χ3n) is 2.88. The summed E-state index contributed by atoms with van der Waals surface area (Å²) in [6.45, 7) is 5.65. The Hall–Kier alpha value is -1.56. The highest BCUT2D eigenvalue weighted by Crippen LogP contribution is 2.29. The van der Waals surface area contributed by atoms with Gasteiger partial charge in [-0.05, 0) is 31.9 Å². The molecule has 0 bridgehead atoms. The van der Waals surface area contributed by atoms with Crippen molar-refractivity contribution < 1.29 is 13.2 Å². The van der Waals surface area contributed by atoms with Crippen LogP contribution in [0.2, 0.25) is 0 Å². The first-order valence-corrected chi connectivity index (χ1v) is 6.08. The summed E-state index contributed by atoms with van der Waals surface area (Å²) in [5, 5.41) is 2.33. The fourth-order valence-corrected chi connectivity index (χ4v) is 2.49. The van der Waals surface area contributed by atoms with Crippen LogP contribution < -0.4 is 0 Å². The molecule has 2 nitrogen and oxygen atoms in total. The summed E-state index contributed by atoms with van der Waals surface area (Å²) in [4.78, 5) is 0. The van der Waals surface area contributed by atoms with Crippen LogP contribution >= 0.6 is 12.2 Å². The third kappa shape index (κ3) is 2.58. The zero-order valence-corrected chi connectivity index (χ0v) is 11.5. The lowest BCUT2D eigenvalue weighted by Crippen LogP contribution is -2.08. The largest absolute Gasteiger partial charge is 0.432 e. The van der Waals surface area contributed by atoms with Crippen LogP contribution in [0, 0.1) is 25.4 Å². The summed E-state index contributed by atoms with van der Waals surface area (Å²) in [6, 6.07) is 4.77. The van der Waals surface area contributed by atoms with Crippen molar-refractivity contribution in [2.45, 2.75) is 26.9 Å². The molecule has 0 aliphatic heterocycles. The van der Waals surface area contributed by atoms with Crippen molar-refractivity contribution in [2.24, 2.45) is 0 Å². The number of aryl methyl sites for hydroxylation is 3. The van der Waals surface area contributed by atoms with E-state index in [0.717, 1.165) is 22.8 Å². The van der Waals surface area contributed by atoms with Gasteiger partial charge in [0.05, 0.1) is 5.69 Å². The number of aromatic nitrogens is 2. The van der Waals surface area contributed by atoms with Crippen LogP contribution in [-0.4, -0.2) is 9.78 Å². The third-order valence-corrected chi connectivity index (χ3v) is 3.19. The van der Waals surface area contributed by atoms with E-state index in [2.05, 4.69) is 5.10 Å². The van der Waals surface area contributed by atoms with Crippen molar-refractivity contribution in [2.75, 3.05) is 0 Å². The summed E-state index contributed by atoms with van der Waals surface area (Å²) < 4.78 is 39.4. The van der Waals surface area contributed by atoms with Crippen molar-refractivity contribution in [3.05, 3.63) is 45.2 Å². The number of aromatic amines is 1. The SMILES string of the molecule is Cc1cc(C)c(-n2[nH]c(C(F)(F)F)cc2=S)c(C)c1. The number of nitrogens with one attached hydrogen (secondary N) is 1. The van der Waals surface area contributed by atoms with Crippen molar-refractivity contribution in [1.29, 1.82) is 0 Å². The molecule has 0 saturated heterocycles. The van der Waals surface area contributed by atoms with Gasteiger partial charge in [0.25, 0.3) is 0 Å². The summed E-state index contributed by atoms with van der Waals surface area (Å²) in [6.07, 6.45) is -4.43. The minimum absolute atomic E-state index is 0.113. The average molecular weight is 286 g/mol. The highest BCUT2D eigenvalue weighted by atomic mass is 32.1. The predicted molar refractivity (Wildman–Crippen MR) is 70.2 cm³/mol. The van der Waals surface area contributed by atoms with Gasteiger partial charge in [0, 0.05) is 6.07 Å². The highest BCUT2D eigenvalue weighted by molar-refractivity contribution is 7.71. The van der Waals surface area contributed by atoms with Gasteiger partial charge in [-0.1, -0.05) is 29.9 Å². The number of rotatable bonds is 1. The molecule has 0 amide bonds. The molecule has 6 heteroatoms. The van der Waals surface area contributed by atoms with Crippen molar-refractivity contribution in [1.82, 2.24) is 9.78 Å². The van der Waals surface area contributed by atoms with Gasteiger partial charge in [0.2, 0.25) is 0 Å². The molecule has 0 atom stereocenters. The van der Waals surface area contributed by atoms with Crippen molar-refractivity contribution >= 4 is 12.2 Å². The maximum Gasteiger partial charge on any atom is 0.432 e. The first-order chi connectivity index (χ1) is 8.70. The number of nitrogens with zero attached hydrogens (tertiary/aromatic N) is 1. The fourth-order valence-electron chi connectivity index (χ4n) is 2.23. The molecule has 2 aromatic rings. The Kier molecular flexibility index (Phi) is 3.30. The highest BCUT2D eigenvalue weighted by Gasteiger charge is 2.33. The van der Waals surface area contributed by atoms with Crippen LogP contribution in [0.4, 0.5) is 13.2 Å². The van der Waals surface area contributed by atoms with Crippen LogP contribution in [0.3, 0.4) is 0 Å². The molecule has 0 unspecified atom stereocenters. The quantitative estimate of drug-likeness (QED) is 0.767. The normalized spacial score (nSPS) is 11.9. The van der Waals surface area contributed by atoms with E-state index in [4.69, 9.17) is 12.2 Å². The summed E-state index contributed by atoms with van der Waals surface area (Å²) in [5.41, 5.74) is 2.66. The molecule has 0 aliphatic carbocycles. The first kappa shape index (κ1) is 13.9. The number of hydrogen-bond acceptors (Lipinski definition) is 1.